The Balaban J connectivity index is 1.42. The van der Waals surface area contributed by atoms with E-state index < -0.39 is 16.2 Å². The summed E-state index contributed by atoms with van der Waals surface area (Å²) in [5.41, 5.74) is -0.387. The van der Waals surface area contributed by atoms with Gasteiger partial charge >= 0.3 is 0 Å². The van der Waals surface area contributed by atoms with Crippen LogP contribution in [0.1, 0.15) is 102 Å². The zero-order valence-corrected chi connectivity index (χ0v) is 25.7. The molecule has 4 saturated heterocycles. The van der Waals surface area contributed by atoms with E-state index in [4.69, 9.17) is 4.74 Å². The van der Waals surface area contributed by atoms with Gasteiger partial charge in [-0.25, -0.2) is 4.39 Å². The number of carbonyl (C=O) groups is 2. The molecule has 2 aliphatic carbocycles. The zero-order chi connectivity index (χ0) is 29.0. The van der Waals surface area contributed by atoms with Gasteiger partial charge in [0.15, 0.2) is 0 Å². The van der Waals surface area contributed by atoms with E-state index in [1.807, 2.05) is 6.07 Å². The van der Waals surface area contributed by atoms with Crippen molar-refractivity contribution in [3.8, 4) is 0 Å². The second-order valence-electron chi connectivity index (χ2n) is 14.8. The van der Waals surface area contributed by atoms with E-state index in [2.05, 4.69) is 29.7 Å². The number of benzene rings is 1. The third kappa shape index (κ3) is 3.98. The van der Waals surface area contributed by atoms with Crippen LogP contribution in [-0.2, 0) is 19.7 Å². The molecule has 1 amide bonds. The van der Waals surface area contributed by atoms with Gasteiger partial charge < -0.3 is 15.4 Å². The predicted octanol–water partition coefficient (Wildman–Crippen LogP) is 5.55. The minimum atomic E-state index is -0.859. The maximum Gasteiger partial charge on any atom is 0.227 e. The molecule has 5 unspecified atom stereocenters. The normalized spacial score (nSPS) is 42.8. The SMILES string of the molecule is C[C@@H]1CCC[N+]1(c1ccc(C2(C3CCCCC34CCCCC4=O)COCCC23CCCNC3=O)c(F)c1)[C@@H]1CCNC1. The van der Waals surface area contributed by atoms with E-state index >= 15 is 4.39 Å². The van der Waals surface area contributed by atoms with Crippen molar-refractivity contribution in [3.05, 3.63) is 29.6 Å². The first-order valence-corrected chi connectivity index (χ1v) is 17.2. The summed E-state index contributed by atoms with van der Waals surface area (Å²) in [5, 5.41) is 6.79. The van der Waals surface area contributed by atoms with Crippen molar-refractivity contribution in [2.45, 2.75) is 114 Å². The number of hydrogen-bond acceptors (Lipinski definition) is 4. The zero-order valence-electron chi connectivity index (χ0n) is 25.7. The number of carbonyl (C=O) groups excluding carboxylic acids is 2. The Morgan fingerprint density at radius 1 is 0.952 bits per heavy atom. The molecule has 0 bridgehead atoms. The maximum atomic E-state index is 17.3. The van der Waals surface area contributed by atoms with Crippen LogP contribution in [-0.4, -0.2) is 63.2 Å². The fraction of sp³-hybridized carbons (Fsp3) is 0.771. The number of amides is 1. The second kappa shape index (κ2) is 11.0. The van der Waals surface area contributed by atoms with Crippen molar-refractivity contribution in [1.29, 1.82) is 0 Å². The number of likely N-dealkylation sites (tertiary alicyclic amines) is 1. The Morgan fingerprint density at radius 3 is 2.55 bits per heavy atom. The lowest BCUT2D eigenvalue weighted by Crippen LogP contribution is -2.68. The molecule has 1 aromatic rings. The number of quaternary nitrogens is 1. The summed E-state index contributed by atoms with van der Waals surface area (Å²) < 4.78 is 24.5. The quantitative estimate of drug-likeness (QED) is 0.459. The first-order valence-electron chi connectivity index (χ1n) is 17.2. The van der Waals surface area contributed by atoms with Crippen LogP contribution in [0.15, 0.2) is 18.2 Å². The Hall–Kier alpha value is -1.83. The molecule has 6 fully saturated rings. The summed E-state index contributed by atoms with van der Waals surface area (Å²) in [6, 6.07) is 7.02. The number of piperidine rings is 1. The van der Waals surface area contributed by atoms with Crippen LogP contribution in [0, 0.1) is 22.6 Å². The molecule has 230 valence electrons. The lowest BCUT2D eigenvalue weighted by molar-refractivity contribution is -0.176. The molecule has 4 heterocycles. The molecule has 42 heavy (non-hydrogen) atoms. The monoisotopic (exact) mass is 580 g/mol. The molecule has 7 atom stereocenters. The van der Waals surface area contributed by atoms with Gasteiger partial charge in [0.2, 0.25) is 5.91 Å². The smallest absolute Gasteiger partial charge is 0.227 e. The minimum Gasteiger partial charge on any atom is -0.380 e. The minimum absolute atomic E-state index is 0.0539. The Morgan fingerprint density at radius 2 is 1.81 bits per heavy atom. The largest absolute Gasteiger partial charge is 0.380 e. The molecule has 4 aliphatic heterocycles. The number of halogens is 1. The summed E-state index contributed by atoms with van der Waals surface area (Å²) in [7, 11) is 0. The number of rotatable bonds is 4. The number of nitrogens with zero attached hydrogens (tertiary/aromatic N) is 1. The molecule has 7 rings (SSSR count). The van der Waals surface area contributed by atoms with Crippen LogP contribution in [0.5, 0.6) is 0 Å². The van der Waals surface area contributed by atoms with Gasteiger partial charge in [-0.15, -0.1) is 0 Å². The average Bonchev–Trinajstić information content (AvgIpc) is 3.68. The van der Waals surface area contributed by atoms with E-state index in [1.165, 1.54) is 0 Å². The van der Waals surface area contributed by atoms with Crippen LogP contribution < -0.4 is 15.1 Å². The number of Topliss-reactive ketones (excluding diaryl/α,β-unsaturated/α-hetero) is 1. The highest BCUT2D eigenvalue weighted by atomic mass is 19.1. The standard InChI is InChI=1S/C35H50FN3O3/c1-25-8-6-20-39(25,27-13-19-37-23-27)26-11-12-28(29(36)22-26)35(24-42-21-17-34(35)16-7-18-38-32(34)41)30-9-2-4-14-33(30)15-5-3-10-31(33)40/h11-12,22,25,27,30,37H,2-10,13-21,23-24H2,1H3/p+1/t25-,27-,30?,33?,34?,35?,39?/m1/s1. The third-order valence-electron chi connectivity index (χ3n) is 13.4. The van der Waals surface area contributed by atoms with Gasteiger partial charge in [0, 0.05) is 68.8 Å². The second-order valence-corrected chi connectivity index (χ2v) is 14.8. The highest BCUT2D eigenvalue weighted by Gasteiger charge is 2.68. The molecule has 7 heteroatoms. The van der Waals surface area contributed by atoms with Crippen molar-refractivity contribution in [3.63, 3.8) is 0 Å². The fourth-order valence-corrected chi connectivity index (χ4v) is 11.4. The van der Waals surface area contributed by atoms with E-state index in [9.17, 15) is 9.59 Å². The first-order chi connectivity index (χ1) is 20.4. The Labute approximate surface area is 251 Å². The molecular formula is C35H51FN3O3+. The predicted molar refractivity (Wildman–Crippen MR) is 163 cm³/mol. The Kier molecular flexibility index (Phi) is 7.54. The van der Waals surface area contributed by atoms with Crippen LogP contribution in [0.2, 0.25) is 0 Å². The molecule has 6 nitrogen and oxygen atoms in total. The van der Waals surface area contributed by atoms with Gasteiger partial charge in [0.25, 0.3) is 0 Å². The van der Waals surface area contributed by atoms with E-state index in [1.54, 1.807) is 0 Å². The summed E-state index contributed by atoms with van der Waals surface area (Å²) >= 11 is 0. The van der Waals surface area contributed by atoms with Gasteiger partial charge in [-0.05, 0) is 75.5 Å². The molecule has 1 aromatic carbocycles. The van der Waals surface area contributed by atoms with E-state index in [0.29, 0.717) is 56.0 Å². The summed E-state index contributed by atoms with van der Waals surface area (Å²) in [6.45, 7) is 6.88. The third-order valence-corrected chi connectivity index (χ3v) is 13.4. The van der Waals surface area contributed by atoms with Crippen LogP contribution in [0.4, 0.5) is 10.1 Å². The van der Waals surface area contributed by atoms with Gasteiger partial charge in [0.1, 0.15) is 23.3 Å². The van der Waals surface area contributed by atoms with E-state index in [0.717, 1.165) is 107 Å². The summed E-state index contributed by atoms with van der Waals surface area (Å²) in [4.78, 5) is 28.3. The average molecular weight is 581 g/mol. The van der Waals surface area contributed by atoms with Gasteiger partial charge in [-0.1, -0.05) is 19.3 Å². The molecule has 2 N–H and O–H groups in total. The van der Waals surface area contributed by atoms with Crippen LogP contribution >= 0.6 is 0 Å². The Bertz CT molecular complexity index is 1210. The van der Waals surface area contributed by atoms with Gasteiger partial charge in [0.05, 0.1) is 24.6 Å². The first kappa shape index (κ1) is 28.9. The van der Waals surface area contributed by atoms with E-state index in [-0.39, 0.29) is 17.6 Å². The van der Waals surface area contributed by atoms with Crippen LogP contribution in [0.3, 0.4) is 0 Å². The summed E-state index contributed by atoms with van der Waals surface area (Å²) in [5.74, 6) is 0.125. The highest BCUT2D eigenvalue weighted by Crippen LogP contribution is 2.65. The molecule has 2 saturated carbocycles. The highest BCUT2D eigenvalue weighted by molar-refractivity contribution is 5.88. The molecule has 0 aromatic heterocycles. The topological polar surface area (TPSA) is 67.4 Å². The molecule has 2 spiro atoms. The summed E-state index contributed by atoms with van der Waals surface area (Å²) in [6.07, 6.45) is 12.9. The number of ether oxygens (including phenoxy) is 1. The van der Waals surface area contributed by atoms with Crippen molar-refractivity contribution >= 4 is 17.4 Å². The molecule has 0 radical (unpaired) electrons. The lowest BCUT2D eigenvalue weighted by Gasteiger charge is -2.63. The number of ketones is 1. The molecular weight excluding hydrogens is 529 g/mol. The maximum absolute atomic E-state index is 17.3. The van der Waals surface area contributed by atoms with Crippen molar-refractivity contribution in [2.75, 3.05) is 39.4 Å². The lowest BCUT2D eigenvalue weighted by atomic mass is 9.41. The van der Waals surface area contributed by atoms with Crippen molar-refractivity contribution in [1.82, 2.24) is 15.1 Å². The molecule has 6 aliphatic rings. The fourth-order valence-electron chi connectivity index (χ4n) is 11.4. The van der Waals surface area contributed by atoms with Gasteiger partial charge in [-0.3, -0.25) is 14.1 Å². The van der Waals surface area contributed by atoms with Crippen molar-refractivity contribution < 1.29 is 18.7 Å². The van der Waals surface area contributed by atoms with Gasteiger partial charge in [-0.2, -0.15) is 0 Å². The number of hydrogen-bond donors (Lipinski definition) is 2. The number of nitrogens with one attached hydrogen (secondary N) is 2. The van der Waals surface area contributed by atoms with Crippen LogP contribution in [0.25, 0.3) is 0 Å². The van der Waals surface area contributed by atoms with Crippen molar-refractivity contribution in [2.24, 2.45) is 16.7 Å².